The maximum Gasteiger partial charge on any atom is 0.159 e. The van der Waals surface area contributed by atoms with E-state index in [9.17, 15) is 0 Å². The van der Waals surface area contributed by atoms with Gasteiger partial charge in [-0.2, -0.15) is 0 Å². The zero-order chi connectivity index (χ0) is 44.0. The minimum Gasteiger partial charge on any atom is -0.453 e. The summed E-state index contributed by atoms with van der Waals surface area (Å²) in [4.78, 5) is 2.40. The van der Waals surface area contributed by atoms with Gasteiger partial charge in [0.2, 0.25) is 0 Å². The average Bonchev–Trinajstić information content (AvgIpc) is 3.99. The third-order valence-corrected chi connectivity index (χ3v) is 14.6. The molecule has 10 aromatic carbocycles. The van der Waals surface area contributed by atoms with Crippen molar-refractivity contribution in [1.29, 1.82) is 0 Å². The molecule has 0 N–H and O–H groups in total. The molecule has 0 saturated carbocycles. The number of nitrogens with zero attached hydrogens (tertiary/aromatic N) is 1. The van der Waals surface area contributed by atoms with E-state index in [4.69, 9.17) is 4.42 Å². The zero-order valence-corrected chi connectivity index (χ0v) is 36.9. The van der Waals surface area contributed by atoms with Crippen LogP contribution in [0.5, 0.6) is 0 Å². The van der Waals surface area contributed by atoms with E-state index < -0.39 is 5.41 Å². The van der Waals surface area contributed by atoms with Crippen molar-refractivity contribution in [1.82, 2.24) is 0 Å². The third-order valence-electron chi connectivity index (χ3n) is 14.6. The molecule has 0 radical (unpaired) electrons. The van der Waals surface area contributed by atoms with Crippen molar-refractivity contribution < 1.29 is 4.42 Å². The molecule has 0 aliphatic heterocycles. The lowest BCUT2D eigenvalue weighted by atomic mass is 9.67. The lowest BCUT2D eigenvalue weighted by Crippen LogP contribution is -2.28. The molecule has 0 saturated heterocycles. The van der Waals surface area contributed by atoms with Crippen molar-refractivity contribution in [3.63, 3.8) is 0 Å². The topological polar surface area (TPSA) is 16.4 Å². The van der Waals surface area contributed by atoms with E-state index in [-0.39, 0.29) is 5.41 Å². The fourth-order valence-electron chi connectivity index (χ4n) is 11.5. The number of anilines is 3. The number of furan rings is 1. The number of fused-ring (bicyclic) bond motifs is 9. The first-order valence-corrected chi connectivity index (χ1v) is 23.0. The van der Waals surface area contributed by atoms with E-state index in [1.807, 2.05) is 0 Å². The Balaban J connectivity index is 1.02. The van der Waals surface area contributed by atoms with Gasteiger partial charge in [0.25, 0.3) is 0 Å². The van der Waals surface area contributed by atoms with E-state index in [1.54, 1.807) is 0 Å². The summed E-state index contributed by atoms with van der Waals surface area (Å²) in [6.07, 6.45) is 0. The fourth-order valence-corrected chi connectivity index (χ4v) is 11.5. The normalized spacial score (nSPS) is 13.8. The van der Waals surface area contributed by atoms with Gasteiger partial charge >= 0.3 is 0 Å². The van der Waals surface area contributed by atoms with E-state index >= 15 is 0 Å². The number of para-hydroxylation sites is 2. The molecule has 312 valence electrons. The Kier molecular flexibility index (Phi) is 8.51. The van der Waals surface area contributed by atoms with Gasteiger partial charge in [0.15, 0.2) is 5.58 Å². The largest absolute Gasteiger partial charge is 0.453 e. The molecule has 13 rings (SSSR count). The Hall–Kier alpha value is -8.20. The number of hydrogen-bond donors (Lipinski definition) is 0. The molecule has 2 heteroatoms. The van der Waals surface area contributed by atoms with E-state index in [1.165, 1.54) is 72.3 Å². The fraction of sp³-hybridized carbons (Fsp3) is 0.0625. The second-order valence-corrected chi connectivity index (χ2v) is 18.4. The van der Waals surface area contributed by atoms with Crippen molar-refractivity contribution in [2.24, 2.45) is 0 Å². The molecule has 1 aromatic heterocycles. The maximum atomic E-state index is 7.51. The summed E-state index contributed by atoms with van der Waals surface area (Å²) in [5.74, 6) is 0. The lowest BCUT2D eigenvalue weighted by Gasteiger charge is -2.33. The summed E-state index contributed by atoms with van der Waals surface area (Å²) >= 11 is 0. The second kappa shape index (κ2) is 14.7. The molecule has 0 bridgehead atoms. The van der Waals surface area contributed by atoms with Crippen LogP contribution >= 0.6 is 0 Å². The van der Waals surface area contributed by atoms with Crippen LogP contribution in [-0.4, -0.2) is 0 Å². The van der Waals surface area contributed by atoms with Gasteiger partial charge in [0.1, 0.15) is 5.58 Å². The summed E-state index contributed by atoms with van der Waals surface area (Å²) < 4.78 is 7.51. The number of hydrogen-bond acceptors (Lipinski definition) is 2. The third kappa shape index (κ3) is 5.55. The van der Waals surface area contributed by atoms with Crippen LogP contribution in [0.15, 0.2) is 241 Å². The Bertz CT molecular complexity index is 3610. The zero-order valence-electron chi connectivity index (χ0n) is 36.9. The molecule has 1 heterocycles. The highest BCUT2D eigenvalue weighted by Crippen LogP contribution is 2.58. The SMILES string of the molecule is CC1(C)c2ccccc2-c2ccc(N(c3ccc(-c4ccc(-c5ccccc5)cc4)cc3)c3cccc4c3oc3c(C5(c6ccccc6)c6ccccc6-c6ccccc65)cccc34)cc21. The van der Waals surface area contributed by atoms with E-state index in [0.717, 1.165) is 44.6 Å². The second-order valence-electron chi connectivity index (χ2n) is 18.4. The molecule has 2 aliphatic rings. The summed E-state index contributed by atoms with van der Waals surface area (Å²) in [6, 6.07) is 86.6. The Morgan fingerprint density at radius 2 is 0.788 bits per heavy atom. The monoisotopic (exact) mass is 843 g/mol. The molecule has 0 unspecified atom stereocenters. The molecule has 0 spiro atoms. The van der Waals surface area contributed by atoms with Crippen LogP contribution < -0.4 is 4.90 Å². The maximum absolute atomic E-state index is 7.51. The van der Waals surface area contributed by atoms with Gasteiger partial charge in [-0.05, 0) is 103 Å². The summed E-state index contributed by atoms with van der Waals surface area (Å²) in [6.45, 7) is 4.71. The van der Waals surface area contributed by atoms with Crippen molar-refractivity contribution in [3.05, 3.63) is 270 Å². The minimum absolute atomic E-state index is 0.163. The van der Waals surface area contributed by atoms with Crippen LogP contribution in [0.25, 0.3) is 66.4 Å². The average molecular weight is 844 g/mol. The van der Waals surface area contributed by atoms with E-state index in [0.29, 0.717) is 0 Å². The first kappa shape index (κ1) is 38.3. The summed E-state index contributed by atoms with van der Waals surface area (Å²) in [5.41, 5.74) is 21.6. The van der Waals surface area contributed by atoms with Crippen LogP contribution in [0.1, 0.15) is 47.2 Å². The molecular formula is C64H45NO. The van der Waals surface area contributed by atoms with Crippen molar-refractivity contribution in [2.75, 3.05) is 4.90 Å². The predicted molar refractivity (Wildman–Crippen MR) is 274 cm³/mol. The Morgan fingerprint density at radius 1 is 0.333 bits per heavy atom. The van der Waals surface area contributed by atoms with Gasteiger partial charge in [-0.3, -0.25) is 0 Å². The molecule has 66 heavy (non-hydrogen) atoms. The van der Waals surface area contributed by atoms with Crippen LogP contribution in [0.3, 0.4) is 0 Å². The van der Waals surface area contributed by atoms with Crippen molar-refractivity contribution in [2.45, 2.75) is 24.7 Å². The first-order valence-electron chi connectivity index (χ1n) is 23.0. The lowest BCUT2D eigenvalue weighted by molar-refractivity contribution is 0.648. The first-order chi connectivity index (χ1) is 32.5. The molecule has 2 nitrogen and oxygen atoms in total. The van der Waals surface area contributed by atoms with Gasteiger partial charge in [-0.15, -0.1) is 0 Å². The van der Waals surface area contributed by atoms with E-state index in [2.05, 4.69) is 255 Å². The van der Waals surface area contributed by atoms with Crippen LogP contribution in [-0.2, 0) is 10.8 Å². The van der Waals surface area contributed by atoms with Gasteiger partial charge in [0, 0.05) is 33.1 Å². The quantitative estimate of drug-likeness (QED) is 0.159. The molecule has 0 fully saturated rings. The highest BCUT2D eigenvalue weighted by molar-refractivity contribution is 6.12. The summed E-state index contributed by atoms with van der Waals surface area (Å²) in [7, 11) is 0. The van der Waals surface area contributed by atoms with Crippen LogP contribution in [0, 0.1) is 0 Å². The molecule has 0 amide bonds. The highest BCUT2D eigenvalue weighted by Gasteiger charge is 2.47. The van der Waals surface area contributed by atoms with Crippen molar-refractivity contribution in [3.8, 4) is 44.5 Å². The highest BCUT2D eigenvalue weighted by atomic mass is 16.3. The molecule has 11 aromatic rings. The van der Waals surface area contributed by atoms with Crippen LogP contribution in [0.4, 0.5) is 17.1 Å². The smallest absolute Gasteiger partial charge is 0.159 e. The Morgan fingerprint density at radius 3 is 1.42 bits per heavy atom. The van der Waals surface area contributed by atoms with Gasteiger partial charge in [-0.1, -0.05) is 220 Å². The Labute approximate surface area is 385 Å². The number of rotatable bonds is 7. The number of benzene rings is 10. The van der Waals surface area contributed by atoms with Crippen LogP contribution in [0.2, 0.25) is 0 Å². The predicted octanol–water partition coefficient (Wildman–Crippen LogP) is 17.1. The minimum atomic E-state index is -0.600. The molecule has 0 atom stereocenters. The van der Waals surface area contributed by atoms with Gasteiger partial charge in [0.05, 0.1) is 11.1 Å². The van der Waals surface area contributed by atoms with Gasteiger partial charge in [-0.25, -0.2) is 0 Å². The molecule has 2 aliphatic carbocycles. The van der Waals surface area contributed by atoms with Crippen molar-refractivity contribution >= 4 is 39.0 Å². The van der Waals surface area contributed by atoms with Gasteiger partial charge < -0.3 is 9.32 Å². The standard InChI is InChI=1S/C64H45NO/c1-63(2)55-26-12-9-21-49(55)52-40-39-48(41-59(52)63)65(47-37-35-45(36-38-47)44-33-31-43(32-34-44)42-17-5-3-6-18-42)60-30-16-25-54-53-24-15-29-58(61(53)66-62(54)60)64(46-19-7-4-8-20-46)56-27-13-10-22-50(56)51-23-11-14-28-57(51)64/h3-41H,1-2H3. The summed E-state index contributed by atoms with van der Waals surface area (Å²) in [5, 5.41) is 2.18. The molecular weight excluding hydrogens is 799 g/mol.